The second kappa shape index (κ2) is 9.26. The lowest BCUT2D eigenvalue weighted by atomic mass is 9.89. The Bertz CT molecular complexity index is 814. The van der Waals surface area contributed by atoms with Crippen molar-refractivity contribution in [3.63, 3.8) is 0 Å². The number of aryl methyl sites for hydroxylation is 2. The third-order valence-corrected chi connectivity index (χ3v) is 5.10. The number of carbonyl (C=O) groups excluding carboxylic acids is 1. The summed E-state index contributed by atoms with van der Waals surface area (Å²) in [7, 11) is 1.64. The van der Waals surface area contributed by atoms with Gasteiger partial charge in [-0.15, -0.1) is 0 Å². The van der Waals surface area contributed by atoms with E-state index in [0.29, 0.717) is 0 Å². The summed E-state index contributed by atoms with van der Waals surface area (Å²) in [5, 5.41) is 5.87. The van der Waals surface area contributed by atoms with Crippen LogP contribution in [0.5, 0.6) is 5.75 Å². The van der Waals surface area contributed by atoms with Crippen LogP contribution in [0, 0.1) is 0 Å². The molecule has 142 valence electrons. The van der Waals surface area contributed by atoms with Gasteiger partial charge in [-0.25, -0.2) is 4.79 Å². The van der Waals surface area contributed by atoms with Crippen LogP contribution in [0.4, 0.5) is 4.79 Å². The molecule has 0 saturated heterocycles. The topological polar surface area (TPSA) is 50.4 Å². The fourth-order valence-corrected chi connectivity index (χ4v) is 3.60. The number of amides is 2. The summed E-state index contributed by atoms with van der Waals surface area (Å²) >= 11 is 0. The minimum atomic E-state index is -0.203. The summed E-state index contributed by atoms with van der Waals surface area (Å²) in [6, 6.07) is 14.2. The lowest BCUT2D eigenvalue weighted by molar-refractivity contribution is 0.240. The molecule has 0 heterocycles. The van der Waals surface area contributed by atoms with Crippen molar-refractivity contribution in [1.29, 1.82) is 0 Å². The van der Waals surface area contributed by atoms with Gasteiger partial charge in [-0.1, -0.05) is 43.3 Å². The summed E-state index contributed by atoms with van der Waals surface area (Å²) in [5.41, 5.74) is 5.00. The zero-order chi connectivity index (χ0) is 19.1. The maximum absolute atomic E-state index is 12.3. The molecule has 2 amide bonds. The molecule has 0 aromatic heterocycles. The molecule has 1 aliphatic rings. The van der Waals surface area contributed by atoms with E-state index in [1.165, 1.54) is 36.0 Å². The van der Waals surface area contributed by atoms with E-state index in [1.54, 1.807) is 13.3 Å². The smallest absolute Gasteiger partial charge is 0.319 e. The molecule has 0 saturated carbocycles. The number of para-hydroxylation sites is 1. The molecule has 0 bridgehead atoms. The molecule has 1 unspecified atom stereocenters. The molecule has 0 fully saturated rings. The van der Waals surface area contributed by atoms with Crippen molar-refractivity contribution >= 4 is 12.1 Å². The summed E-state index contributed by atoms with van der Waals surface area (Å²) < 4.78 is 5.31. The van der Waals surface area contributed by atoms with Crippen molar-refractivity contribution in [2.75, 3.05) is 7.11 Å². The first kappa shape index (κ1) is 19.0. The lowest BCUT2D eigenvalue weighted by Gasteiger charge is -2.21. The van der Waals surface area contributed by atoms with E-state index in [4.69, 9.17) is 4.74 Å². The number of fused-ring (bicyclic) bond motifs is 1. The van der Waals surface area contributed by atoms with Crippen molar-refractivity contribution in [1.82, 2.24) is 10.6 Å². The van der Waals surface area contributed by atoms with Crippen LogP contribution in [0.25, 0.3) is 6.08 Å². The normalized spacial score (nSPS) is 14.4. The van der Waals surface area contributed by atoms with Crippen LogP contribution in [-0.4, -0.2) is 13.1 Å². The molecule has 0 spiro atoms. The van der Waals surface area contributed by atoms with Gasteiger partial charge in [-0.2, -0.15) is 0 Å². The molecule has 27 heavy (non-hydrogen) atoms. The van der Waals surface area contributed by atoms with E-state index >= 15 is 0 Å². The van der Waals surface area contributed by atoms with Crippen LogP contribution in [0.2, 0.25) is 0 Å². The first-order valence-corrected chi connectivity index (χ1v) is 9.69. The number of hydrogen-bond acceptors (Lipinski definition) is 2. The summed E-state index contributed by atoms with van der Waals surface area (Å²) in [4.78, 5) is 12.3. The summed E-state index contributed by atoms with van der Waals surface area (Å²) in [6.07, 6.45) is 9.19. The van der Waals surface area contributed by atoms with Gasteiger partial charge in [0.1, 0.15) is 5.75 Å². The highest BCUT2D eigenvalue weighted by molar-refractivity contribution is 5.76. The number of carbonyl (C=O) groups is 1. The van der Waals surface area contributed by atoms with Gasteiger partial charge in [-0.05, 0) is 60.9 Å². The van der Waals surface area contributed by atoms with Crippen LogP contribution in [0.1, 0.15) is 54.5 Å². The van der Waals surface area contributed by atoms with E-state index in [0.717, 1.165) is 24.2 Å². The Kier molecular flexibility index (Phi) is 6.53. The third-order valence-electron chi connectivity index (χ3n) is 5.10. The molecule has 0 radical (unpaired) electrons. The van der Waals surface area contributed by atoms with E-state index in [9.17, 15) is 4.79 Å². The Hall–Kier alpha value is -2.75. The number of urea groups is 1. The maximum Gasteiger partial charge on any atom is 0.319 e. The molecular formula is C23H28N2O2. The summed E-state index contributed by atoms with van der Waals surface area (Å²) in [5.74, 6) is 0.774. The third kappa shape index (κ3) is 4.91. The molecule has 4 nitrogen and oxygen atoms in total. The molecule has 0 aliphatic heterocycles. The number of benzene rings is 2. The Morgan fingerprint density at radius 2 is 1.93 bits per heavy atom. The van der Waals surface area contributed by atoms with E-state index in [2.05, 4.69) is 35.8 Å². The highest BCUT2D eigenvalue weighted by atomic mass is 16.5. The average molecular weight is 364 g/mol. The predicted molar refractivity (Wildman–Crippen MR) is 110 cm³/mol. The van der Waals surface area contributed by atoms with E-state index in [-0.39, 0.29) is 12.1 Å². The average Bonchev–Trinajstić information content (AvgIpc) is 2.72. The minimum absolute atomic E-state index is 0.0110. The molecule has 2 aromatic carbocycles. The van der Waals surface area contributed by atoms with Gasteiger partial charge in [0.2, 0.25) is 0 Å². The second-order valence-corrected chi connectivity index (χ2v) is 6.89. The van der Waals surface area contributed by atoms with Gasteiger partial charge in [-0.3, -0.25) is 0 Å². The molecule has 2 N–H and O–H groups in total. The Labute approximate surface area is 161 Å². The van der Waals surface area contributed by atoms with Crippen molar-refractivity contribution < 1.29 is 9.53 Å². The van der Waals surface area contributed by atoms with E-state index in [1.807, 2.05) is 30.3 Å². The molecular weight excluding hydrogens is 336 g/mol. The van der Waals surface area contributed by atoms with Crippen LogP contribution in [0.15, 0.2) is 48.7 Å². The van der Waals surface area contributed by atoms with Crippen molar-refractivity contribution in [2.24, 2.45) is 0 Å². The molecule has 3 rings (SSSR count). The Balaban J connectivity index is 1.61. The van der Waals surface area contributed by atoms with Crippen LogP contribution in [0.3, 0.4) is 0 Å². The largest absolute Gasteiger partial charge is 0.496 e. The lowest BCUT2D eigenvalue weighted by Crippen LogP contribution is -2.35. The number of methoxy groups -OCH3 is 1. The molecule has 1 aliphatic carbocycles. The minimum Gasteiger partial charge on any atom is -0.496 e. The number of nitrogens with one attached hydrogen (secondary N) is 2. The standard InChI is InChI=1S/C23H28N2O2/c1-3-21(20-13-12-17-8-4-5-10-19(17)16-20)25-23(26)24-15-14-18-9-6-7-11-22(18)27-2/h6-7,9,11-16,21H,3-5,8,10H2,1-2H3,(H2,24,25,26)/b15-14+. The fraction of sp³-hybridized carbons (Fsp3) is 0.348. The van der Waals surface area contributed by atoms with Gasteiger partial charge in [0.15, 0.2) is 0 Å². The maximum atomic E-state index is 12.3. The van der Waals surface area contributed by atoms with Crippen molar-refractivity contribution in [3.8, 4) is 5.75 Å². The zero-order valence-electron chi connectivity index (χ0n) is 16.1. The van der Waals surface area contributed by atoms with E-state index < -0.39 is 0 Å². The quantitative estimate of drug-likeness (QED) is 0.758. The van der Waals surface area contributed by atoms with Crippen LogP contribution < -0.4 is 15.4 Å². The molecule has 4 heteroatoms. The monoisotopic (exact) mass is 364 g/mol. The fourth-order valence-electron chi connectivity index (χ4n) is 3.60. The highest BCUT2D eigenvalue weighted by Crippen LogP contribution is 2.26. The second-order valence-electron chi connectivity index (χ2n) is 6.89. The molecule has 2 aromatic rings. The van der Waals surface area contributed by atoms with Crippen LogP contribution in [-0.2, 0) is 12.8 Å². The van der Waals surface area contributed by atoms with Crippen LogP contribution >= 0.6 is 0 Å². The number of hydrogen-bond donors (Lipinski definition) is 2. The van der Waals surface area contributed by atoms with Gasteiger partial charge >= 0.3 is 6.03 Å². The Morgan fingerprint density at radius 3 is 2.70 bits per heavy atom. The predicted octanol–water partition coefficient (Wildman–Crippen LogP) is 5.00. The van der Waals surface area contributed by atoms with Crippen molar-refractivity contribution in [3.05, 3.63) is 70.9 Å². The van der Waals surface area contributed by atoms with Gasteiger partial charge in [0, 0.05) is 11.8 Å². The Morgan fingerprint density at radius 1 is 1.15 bits per heavy atom. The SMILES string of the molecule is CCC(NC(=O)N/C=C/c1ccccc1OC)c1ccc2c(c1)CCCC2. The van der Waals surface area contributed by atoms with Crippen molar-refractivity contribution in [2.45, 2.75) is 45.1 Å². The van der Waals surface area contributed by atoms with Gasteiger partial charge < -0.3 is 15.4 Å². The summed E-state index contributed by atoms with van der Waals surface area (Å²) in [6.45, 7) is 2.09. The number of ether oxygens (including phenoxy) is 1. The highest BCUT2D eigenvalue weighted by Gasteiger charge is 2.15. The first-order chi connectivity index (χ1) is 13.2. The number of rotatable bonds is 6. The molecule has 1 atom stereocenters. The zero-order valence-corrected chi connectivity index (χ0v) is 16.1. The van der Waals surface area contributed by atoms with Gasteiger partial charge in [0.05, 0.1) is 13.2 Å². The first-order valence-electron chi connectivity index (χ1n) is 9.69. The van der Waals surface area contributed by atoms with Gasteiger partial charge in [0.25, 0.3) is 0 Å².